The van der Waals surface area contributed by atoms with E-state index in [2.05, 4.69) is 56.0 Å². The van der Waals surface area contributed by atoms with Gasteiger partial charge in [0.15, 0.2) is 5.78 Å². The normalized spacial score (nSPS) is 14.8. The van der Waals surface area contributed by atoms with Gasteiger partial charge < -0.3 is 4.90 Å². The number of likely N-dealkylation sites (N-methyl/N-ethyl adjacent to an activating group) is 1. The number of hydrogen-bond donors (Lipinski definition) is 0. The molecule has 0 N–H and O–H groups in total. The third kappa shape index (κ3) is 3.26. The van der Waals surface area contributed by atoms with Gasteiger partial charge in [-0.2, -0.15) is 0 Å². The average molecular weight is 283 g/mol. The van der Waals surface area contributed by atoms with E-state index in [1.54, 1.807) is 6.92 Å². The lowest BCUT2D eigenvalue weighted by atomic mass is 9.83. The molecule has 0 amide bonds. The predicted octanol–water partition coefficient (Wildman–Crippen LogP) is 4.42. The Morgan fingerprint density at radius 1 is 1.19 bits per heavy atom. The van der Waals surface area contributed by atoms with Gasteiger partial charge in [-0.1, -0.05) is 39.0 Å². The van der Waals surface area contributed by atoms with Gasteiger partial charge in [-0.15, -0.1) is 0 Å². The van der Waals surface area contributed by atoms with E-state index in [0.29, 0.717) is 0 Å². The summed E-state index contributed by atoms with van der Waals surface area (Å²) in [4.78, 5) is 14.2. The van der Waals surface area contributed by atoms with Crippen LogP contribution >= 0.6 is 0 Å². The van der Waals surface area contributed by atoms with Crippen LogP contribution in [0.25, 0.3) is 5.57 Å². The van der Waals surface area contributed by atoms with Crippen molar-refractivity contribution in [1.29, 1.82) is 0 Å². The molecule has 0 saturated carbocycles. The topological polar surface area (TPSA) is 20.3 Å². The Labute approximate surface area is 128 Å². The zero-order valence-corrected chi connectivity index (χ0v) is 13.9. The van der Waals surface area contributed by atoms with Crippen LogP contribution in [0.5, 0.6) is 0 Å². The first kappa shape index (κ1) is 15.6. The van der Waals surface area contributed by atoms with Crippen molar-refractivity contribution in [3.63, 3.8) is 0 Å². The quantitative estimate of drug-likeness (QED) is 0.765. The van der Waals surface area contributed by atoms with Crippen LogP contribution in [0.1, 0.15) is 55.6 Å². The van der Waals surface area contributed by atoms with Gasteiger partial charge in [0, 0.05) is 25.4 Å². The van der Waals surface area contributed by atoms with E-state index in [0.717, 1.165) is 17.5 Å². The molecule has 1 aromatic carbocycles. The molecular weight excluding hydrogens is 258 g/mol. The summed E-state index contributed by atoms with van der Waals surface area (Å²) >= 11 is 0. The number of rotatable bonds is 3. The number of allylic oxidation sites excluding steroid dienone is 3. The molecule has 0 aromatic heterocycles. The maximum absolute atomic E-state index is 12.1. The molecule has 0 aliphatic heterocycles. The molecule has 0 fully saturated rings. The first-order chi connectivity index (χ1) is 9.70. The van der Waals surface area contributed by atoms with Crippen molar-refractivity contribution in [1.82, 2.24) is 4.90 Å². The van der Waals surface area contributed by atoms with Crippen LogP contribution < -0.4 is 0 Å². The molecule has 0 atom stereocenters. The smallest absolute Gasteiger partial charge is 0.160 e. The third-order valence-corrected chi connectivity index (χ3v) is 3.98. The second-order valence-corrected chi connectivity index (χ2v) is 6.96. The predicted molar refractivity (Wildman–Crippen MR) is 89.5 cm³/mol. The van der Waals surface area contributed by atoms with Gasteiger partial charge >= 0.3 is 0 Å². The van der Waals surface area contributed by atoms with Crippen LogP contribution in [0.15, 0.2) is 36.0 Å². The molecule has 0 bridgehead atoms. The Morgan fingerprint density at radius 2 is 1.86 bits per heavy atom. The standard InChI is InChI=1S/C19H25NO/c1-13(21)18-12-15(19(2,3)4)8-10-17(18)14-7-9-16(11-14)20(5)6/h8-12H,7H2,1-6H3. The Kier molecular flexibility index (Phi) is 4.08. The number of carbonyl (C=O) groups excluding carboxylic acids is 1. The highest BCUT2D eigenvalue weighted by Crippen LogP contribution is 2.33. The Hall–Kier alpha value is -1.83. The average Bonchev–Trinajstić information content (AvgIpc) is 2.86. The van der Waals surface area contributed by atoms with Crippen LogP contribution in [0, 0.1) is 0 Å². The fourth-order valence-electron chi connectivity index (χ4n) is 2.59. The monoisotopic (exact) mass is 283 g/mol. The van der Waals surface area contributed by atoms with Crippen LogP contribution in [0.2, 0.25) is 0 Å². The third-order valence-electron chi connectivity index (χ3n) is 3.98. The fraction of sp³-hybridized carbons (Fsp3) is 0.421. The van der Waals surface area contributed by atoms with Gasteiger partial charge in [-0.25, -0.2) is 0 Å². The highest BCUT2D eigenvalue weighted by atomic mass is 16.1. The minimum atomic E-state index is 0.0554. The van der Waals surface area contributed by atoms with E-state index < -0.39 is 0 Å². The second-order valence-electron chi connectivity index (χ2n) is 6.96. The van der Waals surface area contributed by atoms with Crippen molar-refractivity contribution in [3.8, 4) is 0 Å². The van der Waals surface area contributed by atoms with Crippen molar-refractivity contribution in [2.45, 2.75) is 39.5 Å². The summed E-state index contributed by atoms with van der Waals surface area (Å²) in [6.45, 7) is 8.17. The van der Waals surface area contributed by atoms with Gasteiger partial charge in [-0.05, 0) is 47.6 Å². The molecule has 2 rings (SSSR count). The molecule has 1 aliphatic carbocycles. The summed E-state index contributed by atoms with van der Waals surface area (Å²) in [7, 11) is 4.08. The van der Waals surface area contributed by atoms with Gasteiger partial charge in [0.2, 0.25) is 0 Å². The number of Topliss-reactive ketones (excluding diaryl/α,β-unsaturated/α-hetero) is 1. The van der Waals surface area contributed by atoms with E-state index in [1.807, 2.05) is 14.1 Å². The highest BCUT2D eigenvalue weighted by molar-refractivity contribution is 6.00. The Balaban J connectivity index is 2.47. The van der Waals surface area contributed by atoms with Crippen molar-refractivity contribution < 1.29 is 4.79 Å². The maximum Gasteiger partial charge on any atom is 0.160 e. The van der Waals surface area contributed by atoms with E-state index in [1.165, 1.54) is 16.8 Å². The SMILES string of the molecule is CC(=O)c1cc(C(C)(C)C)ccc1C1=CC(N(C)C)=CC1. The molecule has 2 heteroatoms. The van der Waals surface area contributed by atoms with E-state index in [-0.39, 0.29) is 11.2 Å². The highest BCUT2D eigenvalue weighted by Gasteiger charge is 2.20. The largest absolute Gasteiger partial charge is 0.378 e. The second kappa shape index (κ2) is 5.51. The van der Waals surface area contributed by atoms with Crippen LogP contribution in [0.4, 0.5) is 0 Å². The van der Waals surface area contributed by atoms with Gasteiger partial charge in [0.05, 0.1) is 0 Å². The lowest BCUT2D eigenvalue weighted by molar-refractivity contribution is 0.101. The number of hydrogen-bond acceptors (Lipinski definition) is 2. The summed E-state index contributed by atoms with van der Waals surface area (Å²) in [5, 5.41) is 0. The molecular formula is C19H25NO. The number of carbonyl (C=O) groups is 1. The van der Waals surface area contributed by atoms with Gasteiger partial charge in [0.25, 0.3) is 0 Å². The number of benzene rings is 1. The molecule has 1 aliphatic rings. The zero-order valence-electron chi connectivity index (χ0n) is 13.9. The maximum atomic E-state index is 12.1. The summed E-state index contributed by atoms with van der Waals surface area (Å²) in [5.41, 5.74) is 5.60. The molecule has 21 heavy (non-hydrogen) atoms. The van der Waals surface area contributed by atoms with E-state index in [4.69, 9.17) is 0 Å². The van der Waals surface area contributed by atoms with Crippen molar-refractivity contribution >= 4 is 11.4 Å². The molecule has 1 aromatic rings. The molecule has 0 unspecified atom stereocenters. The minimum absolute atomic E-state index is 0.0554. The summed E-state index contributed by atoms with van der Waals surface area (Å²) < 4.78 is 0. The van der Waals surface area contributed by atoms with E-state index >= 15 is 0 Å². The summed E-state index contributed by atoms with van der Waals surface area (Å²) in [6, 6.07) is 6.32. The first-order valence-corrected chi connectivity index (χ1v) is 7.44. The zero-order chi connectivity index (χ0) is 15.8. The molecule has 0 saturated heterocycles. The summed E-state index contributed by atoms with van der Waals surface area (Å²) in [6.07, 6.45) is 5.28. The van der Waals surface area contributed by atoms with E-state index in [9.17, 15) is 4.79 Å². The minimum Gasteiger partial charge on any atom is -0.378 e. The number of ketones is 1. The van der Waals surface area contributed by atoms with Crippen LogP contribution in [-0.2, 0) is 5.41 Å². The van der Waals surface area contributed by atoms with Crippen LogP contribution in [0.3, 0.4) is 0 Å². The van der Waals surface area contributed by atoms with Crippen molar-refractivity contribution in [2.75, 3.05) is 14.1 Å². The lowest BCUT2D eigenvalue weighted by Gasteiger charge is -2.21. The first-order valence-electron chi connectivity index (χ1n) is 7.44. The number of nitrogens with zero attached hydrogens (tertiary/aromatic N) is 1. The van der Waals surface area contributed by atoms with Gasteiger partial charge in [0.1, 0.15) is 0 Å². The van der Waals surface area contributed by atoms with Crippen molar-refractivity contribution in [2.24, 2.45) is 0 Å². The van der Waals surface area contributed by atoms with Gasteiger partial charge in [-0.3, -0.25) is 4.79 Å². The molecule has 0 spiro atoms. The molecule has 0 heterocycles. The van der Waals surface area contributed by atoms with Crippen LogP contribution in [-0.4, -0.2) is 24.8 Å². The Bertz CT molecular complexity index is 627. The van der Waals surface area contributed by atoms with Crippen molar-refractivity contribution in [3.05, 3.63) is 52.7 Å². The Morgan fingerprint density at radius 3 is 2.33 bits per heavy atom. The fourth-order valence-corrected chi connectivity index (χ4v) is 2.59. The lowest BCUT2D eigenvalue weighted by Crippen LogP contribution is -2.13. The molecule has 2 nitrogen and oxygen atoms in total. The summed E-state index contributed by atoms with van der Waals surface area (Å²) in [5.74, 6) is 0.135. The molecule has 112 valence electrons. The molecule has 0 radical (unpaired) electrons.